The van der Waals surface area contributed by atoms with Crippen molar-refractivity contribution < 1.29 is 13.6 Å². The van der Waals surface area contributed by atoms with Gasteiger partial charge in [-0.2, -0.15) is 0 Å². The van der Waals surface area contributed by atoms with Gasteiger partial charge in [-0.1, -0.05) is 6.07 Å². The number of nitrogens with one attached hydrogen (secondary N) is 1. The van der Waals surface area contributed by atoms with E-state index in [1.54, 1.807) is 16.8 Å². The summed E-state index contributed by atoms with van der Waals surface area (Å²) in [4.78, 5) is 20.2. The zero-order chi connectivity index (χ0) is 19.3. The normalized spacial score (nSPS) is 18.5. The van der Waals surface area contributed by atoms with Gasteiger partial charge >= 0.3 is 0 Å². The van der Waals surface area contributed by atoms with Crippen molar-refractivity contribution in [1.29, 1.82) is 0 Å². The number of likely N-dealkylation sites (N-methyl/N-ethyl adjacent to an activating group) is 2. The number of guanidine groups is 1. The Morgan fingerprint density at radius 2 is 1.81 bits per heavy atom. The average molecular weight is 494 g/mol. The van der Waals surface area contributed by atoms with Gasteiger partial charge in [0.05, 0.1) is 6.54 Å². The van der Waals surface area contributed by atoms with Gasteiger partial charge in [0, 0.05) is 44.2 Å². The number of hydrogen-bond donors (Lipinski definition) is 1. The molecule has 5 nitrogen and oxygen atoms in total. The second-order valence-corrected chi connectivity index (χ2v) is 6.45. The number of benzene rings is 1. The summed E-state index contributed by atoms with van der Waals surface area (Å²) in [6.07, 6.45) is 0.637. The first-order valence-corrected chi connectivity index (χ1v) is 9.16. The SMILES string of the molecule is CCN=C(NC1CC1c1c(F)cccc1F)N(C)CC(=O)N(CC)CC.I. The van der Waals surface area contributed by atoms with Gasteiger partial charge in [0.15, 0.2) is 5.96 Å². The molecule has 0 aliphatic heterocycles. The highest BCUT2D eigenvalue weighted by molar-refractivity contribution is 14.0. The first-order valence-electron chi connectivity index (χ1n) is 9.16. The molecule has 8 heteroatoms. The average Bonchev–Trinajstić information content (AvgIpc) is 3.34. The lowest BCUT2D eigenvalue weighted by molar-refractivity contribution is -0.131. The molecule has 0 saturated heterocycles. The van der Waals surface area contributed by atoms with Crippen molar-refractivity contribution in [3.05, 3.63) is 35.4 Å². The van der Waals surface area contributed by atoms with Gasteiger partial charge in [-0.05, 0) is 39.3 Å². The molecule has 1 aliphatic carbocycles. The van der Waals surface area contributed by atoms with E-state index in [2.05, 4.69) is 10.3 Å². The van der Waals surface area contributed by atoms with Crippen LogP contribution < -0.4 is 5.32 Å². The van der Waals surface area contributed by atoms with E-state index in [9.17, 15) is 13.6 Å². The fraction of sp³-hybridized carbons (Fsp3) is 0.579. The maximum atomic E-state index is 13.9. The molecule has 152 valence electrons. The summed E-state index contributed by atoms with van der Waals surface area (Å²) in [6, 6.07) is 3.85. The number of rotatable bonds is 7. The fourth-order valence-corrected chi connectivity index (χ4v) is 3.08. The van der Waals surface area contributed by atoms with Gasteiger partial charge in [-0.3, -0.25) is 9.79 Å². The second kappa shape index (κ2) is 10.8. The molecule has 0 radical (unpaired) electrons. The standard InChI is InChI=1S/C19H28F2N4O.HI/c1-5-22-19(24(4)12-17(26)25(6-2)7-3)23-16-11-13(16)18-14(20)9-8-10-15(18)21;/h8-10,13,16H,5-7,11-12H2,1-4H3,(H,22,23);1H. The third kappa shape index (κ3) is 6.02. The van der Waals surface area contributed by atoms with Crippen LogP contribution in [-0.4, -0.2) is 60.9 Å². The molecule has 2 rings (SSSR count). The van der Waals surface area contributed by atoms with Crippen molar-refractivity contribution in [3.8, 4) is 0 Å². The van der Waals surface area contributed by atoms with Crippen LogP contribution in [0.5, 0.6) is 0 Å². The number of carbonyl (C=O) groups is 1. The first-order chi connectivity index (χ1) is 12.4. The summed E-state index contributed by atoms with van der Waals surface area (Å²) in [5.41, 5.74) is 0.128. The van der Waals surface area contributed by atoms with Gasteiger partial charge in [0.1, 0.15) is 11.6 Å². The van der Waals surface area contributed by atoms with E-state index in [-0.39, 0.29) is 54.0 Å². The molecule has 0 aromatic heterocycles. The first kappa shape index (κ1) is 23.6. The zero-order valence-electron chi connectivity index (χ0n) is 16.3. The quantitative estimate of drug-likeness (QED) is 0.360. The Labute approximate surface area is 177 Å². The minimum atomic E-state index is -0.515. The number of aliphatic imine (C=N–C) groups is 1. The summed E-state index contributed by atoms with van der Waals surface area (Å²) in [7, 11) is 1.80. The van der Waals surface area contributed by atoms with Gasteiger partial charge in [0.25, 0.3) is 0 Å². The van der Waals surface area contributed by atoms with Gasteiger partial charge < -0.3 is 15.1 Å². The minimum Gasteiger partial charge on any atom is -0.353 e. The smallest absolute Gasteiger partial charge is 0.242 e. The lowest BCUT2D eigenvalue weighted by Gasteiger charge is -2.26. The van der Waals surface area contributed by atoms with Crippen LogP contribution in [0.15, 0.2) is 23.2 Å². The molecule has 1 saturated carbocycles. The van der Waals surface area contributed by atoms with Crippen LogP contribution in [-0.2, 0) is 4.79 Å². The molecule has 0 spiro atoms. The highest BCUT2D eigenvalue weighted by Crippen LogP contribution is 2.43. The highest BCUT2D eigenvalue weighted by atomic mass is 127. The molecule has 1 aliphatic rings. The largest absolute Gasteiger partial charge is 0.353 e. The van der Waals surface area contributed by atoms with Crippen molar-refractivity contribution in [1.82, 2.24) is 15.1 Å². The summed E-state index contributed by atoms with van der Waals surface area (Å²) in [5, 5.41) is 3.25. The van der Waals surface area contributed by atoms with Crippen LogP contribution in [0.4, 0.5) is 8.78 Å². The minimum absolute atomic E-state index is 0. The van der Waals surface area contributed by atoms with Crippen LogP contribution in [0.1, 0.15) is 38.7 Å². The number of carbonyl (C=O) groups excluding carboxylic acids is 1. The number of nitrogens with zero attached hydrogens (tertiary/aromatic N) is 3. The lowest BCUT2D eigenvalue weighted by Crippen LogP contribution is -2.46. The zero-order valence-corrected chi connectivity index (χ0v) is 18.7. The van der Waals surface area contributed by atoms with E-state index >= 15 is 0 Å². The third-order valence-corrected chi connectivity index (χ3v) is 4.63. The van der Waals surface area contributed by atoms with E-state index < -0.39 is 11.6 Å². The molecular weight excluding hydrogens is 465 g/mol. The molecule has 1 fully saturated rings. The van der Waals surface area contributed by atoms with Crippen LogP contribution in [0.3, 0.4) is 0 Å². The molecule has 0 bridgehead atoms. The maximum absolute atomic E-state index is 13.9. The van der Waals surface area contributed by atoms with Crippen molar-refractivity contribution in [3.63, 3.8) is 0 Å². The molecule has 2 atom stereocenters. The molecule has 27 heavy (non-hydrogen) atoms. The number of amides is 1. The molecule has 1 amide bonds. The second-order valence-electron chi connectivity index (χ2n) is 6.45. The molecule has 0 heterocycles. The Bertz CT molecular complexity index is 647. The molecular formula is C19H29F2IN4O. The summed E-state index contributed by atoms with van der Waals surface area (Å²) < 4.78 is 27.9. The molecule has 2 unspecified atom stereocenters. The van der Waals surface area contributed by atoms with Gasteiger partial charge in [-0.15, -0.1) is 24.0 Å². The summed E-state index contributed by atoms with van der Waals surface area (Å²) in [6.45, 7) is 7.87. The summed E-state index contributed by atoms with van der Waals surface area (Å²) in [5.74, 6) is -0.644. The van der Waals surface area contributed by atoms with Crippen LogP contribution in [0, 0.1) is 11.6 Å². The predicted octanol–water partition coefficient (Wildman–Crippen LogP) is 3.20. The number of halogens is 3. The topological polar surface area (TPSA) is 47.9 Å². The molecule has 1 aromatic carbocycles. The van der Waals surface area contributed by atoms with Crippen LogP contribution in [0.25, 0.3) is 0 Å². The van der Waals surface area contributed by atoms with E-state index in [4.69, 9.17) is 0 Å². The summed E-state index contributed by atoms with van der Waals surface area (Å²) >= 11 is 0. The third-order valence-electron chi connectivity index (χ3n) is 4.63. The fourth-order valence-electron chi connectivity index (χ4n) is 3.08. The van der Waals surface area contributed by atoms with Gasteiger partial charge in [-0.25, -0.2) is 8.78 Å². The predicted molar refractivity (Wildman–Crippen MR) is 115 cm³/mol. The van der Waals surface area contributed by atoms with Crippen molar-refractivity contribution >= 4 is 35.8 Å². The lowest BCUT2D eigenvalue weighted by atomic mass is 10.1. The van der Waals surface area contributed by atoms with E-state index in [0.29, 0.717) is 32.0 Å². The van der Waals surface area contributed by atoms with E-state index in [1.165, 1.54) is 18.2 Å². The Kier molecular flexibility index (Phi) is 9.41. The highest BCUT2D eigenvalue weighted by Gasteiger charge is 2.42. The Morgan fingerprint density at radius 1 is 1.22 bits per heavy atom. The van der Waals surface area contributed by atoms with Gasteiger partial charge in [0.2, 0.25) is 5.91 Å². The van der Waals surface area contributed by atoms with E-state index in [1.807, 2.05) is 20.8 Å². The Morgan fingerprint density at radius 3 is 2.33 bits per heavy atom. The Balaban J connectivity index is 0.00000364. The van der Waals surface area contributed by atoms with Crippen LogP contribution >= 0.6 is 24.0 Å². The molecule has 1 N–H and O–H groups in total. The number of hydrogen-bond acceptors (Lipinski definition) is 2. The maximum Gasteiger partial charge on any atom is 0.242 e. The molecule has 1 aromatic rings. The van der Waals surface area contributed by atoms with Crippen molar-refractivity contribution in [2.75, 3.05) is 33.2 Å². The Hall–Kier alpha value is -1.45. The van der Waals surface area contributed by atoms with Crippen molar-refractivity contribution in [2.24, 2.45) is 4.99 Å². The van der Waals surface area contributed by atoms with E-state index in [0.717, 1.165) is 0 Å². The van der Waals surface area contributed by atoms with Crippen molar-refractivity contribution in [2.45, 2.75) is 39.2 Å². The monoisotopic (exact) mass is 494 g/mol. The van der Waals surface area contributed by atoms with Crippen LogP contribution in [0.2, 0.25) is 0 Å².